The number of carbonyl (C=O) groups is 1. The van der Waals surface area contributed by atoms with Crippen molar-refractivity contribution in [1.29, 1.82) is 0 Å². The van der Waals surface area contributed by atoms with Gasteiger partial charge >= 0.3 is 0 Å². The van der Waals surface area contributed by atoms with Gasteiger partial charge in [-0.1, -0.05) is 30.0 Å². The number of nitrogens with one attached hydrogen (secondary N) is 1. The number of likely N-dealkylation sites (N-methyl/N-ethyl adjacent to an activating group) is 1. The van der Waals surface area contributed by atoms with Crippen LogP contribution in [-0.2, 0) is 11.2 Å². The lowest BCUT2D eigenvalue weighted by Gasteiger charge is -2.25. The molecule has 0 saturated heterocycles. The first-order valence-electron chi connectivity index (χ1n) is 7.40. The minimum atomic E-state index is 0.0554. The third-order valence-corrected chi connectivity index (χ3v) is 4.50. The van der Waals surface area contributed by atoms with Crippen LogP contribution in [0.1, 0.15) is 18.3 Å². The Morgan fingerprint density at radius 1 is 1.43 bits per heavy atom. The molecule has 2 rings (SSSR count). The molecule has 2 aromatic rings. The Labute approximate surface area is 140 Å². The van der Waals surface area contributed by atoms with Crippen molar-refractivity contribution >= 4 is 17.7 Å². The number of benzene rings is 1. The van der Waals surface area contributed by atoms with Crippen LogP contribution in [0.2, 0.25) is 0 Å². The van der Waals surface area contributed by atoms with Crippen molar-refractivity contribution in [2.75, 3.05) is 19.9 Å². The number of thioether (sulfide) groups is 1. The van der Waals surface area contributed by atoms with Crippen LogP contribution in [0.3, 0.4) is 0 Å². The maximum absolute atomic E-state index is 12.3. The number of aryl methyl sites for hydroxylation is 1. The molecule has 1 aromatic carbocycles. The molecule has 0 aliphatic carbocycles. The number of rotatable bonds is 7. The first-order valence-corrected chi connectivity index (χ1v) is 8.39. The van der Waals surface area contributed by atoms with Crippen LogP contribution in [0.25, 0.3) is 0 Å². The number of methoxy groups -OCH3 is 1. The summed E-state index contributed by atoms with van der Waals surface area (Å²) in [5, 5.41) is 7.39. The van der Waals surface area contributed by atoms with Crippen molar-refractivity contribution < 1.29 is 9.53 Å². The molecular weight excluding hydrogens is 312 g/mol. The molecule has 0 bridgehead atoms. The Kier molecular flexibility index (Phi) is 6.04. The third kappa shape index (κ3) is 4.72. The summed E-state index contributed by atoms with van der Waals surface area (Å²) in [6.45, 7) is 3.87. The number of carbonyl (C=O) groups excluding carboxylic acids is 1. The van der Waals surface area contributed by atoms with Crippen molar-refractivity contribution in [3.8, 4) is 5.75 Å². The standard InChI is InChI=1S/C16H22N4O2S/c1-11(9-13-7-5-6-8-14(13)22-4)20(3)15(21)10-23-16-17-12(2)18-19-16/h5-8,11H,9-10H2,1-4H3,(H,17,18,19)/t11-/m1/s1. The van der Waals surface area contributed by atoms with Crippen molar-refractivity contribution in [2.45, 2.75) is 31.5 Å². The smallest absolute Gasteiger partial charge is 0.233 e. The Bertz CT molecular complexity index is 659. The van der Waals surface area contributed by atoms with Gasteiger partial charge in [0.05, 0.1) is 12.9 Å². The van der Waals surface area contributed by atoms with E-state index in [-0.39, 0.29) is 11.9 Å². The summed E-state index contributed by atoms with van der Waals surface area (Å²) in [6.07, 6.45) is 0.747. The monoisotopic (exact) mass is 334 g/mol. The van der Waals surface area contributed by atoms with E-state index in [1.165, 1.54) is 11.8 Å². The van der Waals surface area contributed by atoms with Crippen LogP contribution in [0.4, 0.5) is 0 Å². The molecule has 0 aliphatic heterocycles. The van der Waals surface area contributed by atoms with E-state index in [0.717, 1.165) is 23.6 Å². The second kappa shape index (κ2) is 8.01. The Morgan fingerprint density at radius 3 is 2.83 bits per heavy atom. The van der Waals surface area contributed by atoms with Gasteiger partial charge in [-0.05, 0) is 31.9 Å². The summed E-state index contributed by atoms with van der Waals surface area (Å²) >= 11 is 1.34. The fraction of sp³-hybridized carbons (Fsp3) is 0.438. The third-order valence-electron chi connectivity index (χ3n) is 3.66. The lowest BCUT2D eigenvalue weighted by Crippen LogP contribution is -2.37. The van der Waals surface area contributed by atoms with E-state index in [1.807, 2.05) is 45.2 Å². The highest BCUT2D eigenvalue weighted by atomic mass is 32.2. The maximum Gasteiger partial charge on any atom is 0.233 e. The average Bonchev–Trinajstić information content (AvgIpc) is 2.97. The number of H-pyrrole nitrogens is 1. The highest BCUT2D eigenvalue weighted by Gasteiger charge is 2.18. The van der Waals surface area contributed by atoms with Crippen LogP contribution in [0.5, 0.6) is 5.75 Å². The molecule has 1 atom stereocenters. The molecule has 0 aliphatic rings. The summed E-state index contributed by atoms with van der Waals surface area (Å²) in [5.74, 6) is 1.98. The first-order chi connectivity index (χ1) is 11.0. The SMILES string of the molecule is COc1ccccc1C[C@@H](C)N(C)C(=O)CSc1n[nH]c(C)n1. The molecule has 124 valence electrons. The van der Waals surface area contributed by atoms with Crippen LogP contribution in [-0.4, -0.2) is 51.9 Å². The zero-order valence-corrected chi connectivity index (χ0v) is 14.7. The highest BCUT2D eigenvalue weighted by Crippen LogP contribution is 2.21. The molecule has 1 heterocycles. The predicted molar refractivity (Wildman–Crippen MR) is 90.8 cm³/mol. The van der Waals surface area contributed by atoms with Gasteiger partial charge in [-0.25, -0.2) is 4.98 Å². The van der Waals surface area contributed by atoms with Gasteiger partial charge in [-0.15, -0.1) is 5.10 Å². The van der Waals surface area contributed by atoms with Crippen LogP contribution in [0, 0.1) is 6.92 Å². The number of hydrogen-bond donors (Lipinski definition) is 1. The first kappa shape index (κ1) is 17.3. The average molecular weight is 334 g/mol. The minimum absolute atomic E-state index is 0.0554. The lowest BCUT2D eigenvalue weighted by molar-refractivity contribution is -0.128. The molecule has 0 unspecified atom stereocenters. The van der Waals surface area contributed by atoms with E-state index in [1.54, 1.807) is 12.0 Å². The molecule has 23 heavy (non-hydrogen) atoms. The van der Waals surface area contributed by atoms with Crippen molar-refractivity contribution in [3.05, 3.63) is 35.7 Å². The molecule has 1 N–H and O–H groups in total. The Morgan fingerprint density at radius 2 is 2.17 bits per heavy atom. The van der Waals surface area contributed by atoms with Gasteiger partial charge in [0.25, 0.3) is 0 Å². The summed E-state index contributed by atoms with van der Waals surface area (Å²) in [4.78, 5) is 18.3. The molecule has 7 heteroatoms. The van der Waals surface area contributed by atoms with Gasteiger partial charge in [0.1, 0.15) is 11.6 Å². The molecular formula is C16H22N4O2S. The number of amides is 1. The summed E-state index contributed by atoms with van der Waals surface area (Å²) in [7, 11) is 3.49. The van der Waals surface area contributed by atoms with E-state index in [2.05, 4.69) is 15.2 Å². The second-order valence-electron chi connectivity index (χ2n) is 5.36. The normalized spacial score (nSPS) is 12.0. The maximum atomic E-state index is 12.3. The molecule has 0 fully saturated rings. The second-order valence-corrected chi connectivity index (χ2v) is 6.30. The van der Waals surface area contributed by atoms with Gasteiger partial charge < -0.3 is 9.64 Å². The summed E-state index contributed by atoms with van der Waals surface area (Å²) in [5.41, 5.74) is 1.10. The van der Waals surface area contributed by atoms with Crippen LogP contribution >= 0.6 is 11.8 Å². The largest absolute Gasteiger partial charge is 0.496 e. The van der Waals surface area contributed by atoms with Crippen LogP contribution < -0.4 is 4.74 Å². The molecule has 6 nitrogen and oxygen atoms in total. The predicted octanol–water partition coefficient (Wildman–Crippen LogP) is 2.30. The van der Waals surface area contributed by atoms with E-state index in [4.69, 9.17) is 4.74 Å². The lowest BCUT2D eigenvalue weighted by atomic mass is 10.1. The van der Waals surface area contributed by atoms with Crippen molar-refractivity contribution in [2.24, 2.45) is 0 Å². The number of aromatic amines is 1. The summed E-state index contributed by atoms with van der Waals surface area (Å²) in [6, 6.07) is 7.96. The Balaban J connectivity index is 1.90. The molecule has 0 saturated carbocycles. The molecule has 1 amide bonds. The zero-order chi connectivity index (χ0) is 16.8. The Hall–Kier alpha value is -2.02. The van der Waals surface area contributed by atoms with E-state index >= 15 is 0 Å². The number of nitrogens with zero attached hydrogens (tertiary/aromatic N) is 3. The fourth-order valence-electron chi connectivity index (χ4n) is 2.19. The molecule has 0 radical (unpaired) electrons. The van der Waals surface area contributed by atoms with Gasteiger partial charge in [-0.3, -0.25) is 9.89 Å². The minimum Gasteiger partial charge on any atom is -0.496 e. The fourth-order valence-corrected chi connectivity index (χ4v) is 2.96. The topological polar surface area (TPSA) is 71.1 Å². The van der Waals surface area contributed by atoms with Gasteiger partial charge in [0.15, 0.2) is 0 Å². The van der Waals surface area contributed by atoms with E-state index < -0.39 is 0 Å². The molecule has 0 spiro atoms. The van der Waals surface area contributed by atoms with Gasteiger partial charge in [0, 0.05) is 13.1 Å². The van der Waals surface area contributed by atoms with Crippen LogP contribution in [0.15, 0.2) is 29.4 Å². The number of aromatic nitrogens is 3. The number of ether oxygens (including phenoxy) is 1. The number of hydrogen-bond acceptors (Lipinski definition) is 5. The van der Waals surface area contributed by atoms with Crippen molar-refractivity contribution in [3.63, 3.8) is 0 Å². The van der Waals surface area contributed by atoms with E-state index in [0.29, 0.717) is 10.9 Å². The van der Waals surface area contributed by atoms with Gasteiger partial charge in [0.2, 0.25) is 11.1 Å². The van der Waals surface area contributed by atoms with Gasteiger partial charge in [-0.2, -0.15) is 0 Å². The highest BCUT2D eigenvalue weighted by molar-refractivity contribution is 7.99. The summed E-state index contributed by atoms with van der Waals surface area (Å²) < 4.78 is 5.37. The van der Waals surface area contributed by atoms with Crippen molar-refractivity contribution in [1.82, 2.24) is 20.1 Å². The molecule has 1 aromatic heterocycles. The van der Waals surface area contributed by atoms with E-state index in [9.17, 15) is 4.79 Å². The quantitative estimate of drug-likeness (QED) is 0.787. The number of para-hydroxylation sites is 1. The zero-order valence-electron chi connectivity index (χ0n) is 13.9.